The molecule has 1 N–H and O–H groups in total. The van der Waals surface area contributed by atoms with Gasteiger partial charge >= 0.3 is 0 Å². The fourth-order valence-corrected chi connectivity index (χ4v) is 2.31. The maximum Gasteiger partial charge on any atom is 0.230 e. The molecule has 0 saturated carbocycles. The molecule has 0 radical (unpaired) electrons. The number of benzene rings is 1. The van der Waals surface area contributed by atoms with Crippen molar-refractivity contribution in [2.75, 3.05) is 12.4 Å². The second-order valence-corrected chi connectivity index (χ2v) is 5.11. The van der Waals surface area contributed by atoms with Gasteiger partial charge in [0.1, 0.15) is 5.01 Å². The van der Waals surface area contributed by atoms with Crippen LogP contribution < -0.4 is 10.1 Å². The van der Waals surface area contributed by atoms with Gasteiger partial charge in [-0.25, -0.2) is 4.39 Å². The van der Waals surface area contributed by atoms with Crippen LogP contribution in [0.15, 0.2) is 18.2 Å². The number of anilines is 1. The molecule has 0 unspecified atom stereocenters. The molecule has 1 amide bonds. The number of aryl methyl sites for hydroxylation is 1. The van der Waals surface area contributed by atoms with Crippen molar-refractivity contribution in [3.05, 3.63) is 34.6 Å². The van der Waals surface area contributed by atoms with E-state index in [0.717, 1.165) is 11.4 Å². The lowest BCUT2D eigenvalue weighted by Gasteiger charge is -2.05. The number of aromatic nitrogens is 2. The van der Waals surface area contributed by atoms with E-state index in [1.54, 1.807) is 6.07 Å². The summed E-state index contributed by atoms with van der Waals surface area (Å²) in [6.07, 6.45) is 0.846. The highest BCUT2D eigenvalue weighted by atomic mass is 32.1. The molecule has 0 atom stereocenters. The van der Waals surface area contributed by atoms with Crippen LogP contribution in [0.3, 0.4) is 0 Å². The number of methoxy groups -OCH3 is 1. The molecular weight excluding hydrogens is 281 g/mol. The first kappa shape index (κ1) is 14.4. The molecule has 0 aliphatic rings. The van der Waals surface area contributed by atoms with Crippen LogP contribution in [-0.4, -0.2) is 23.2 Å². The van der Waals surface area contributed by atoms with E-state index in [-0.39, 0.29) is 18.1 Å². The van der Waals surface area contributed by atoms with Crippen molar-refractivity contribution in [3.8, 4) is 5.75 Å². The summed E-state index contributed by atoms with van der Waals surface area (Å²) in [5.41, 5.74) is 0.570. The number of hydrogen-bond donors (Lipinski definition) is 1. The molecule has 1 aromatic heterocycles. The maximum atomic E-state index is 13.5. The van der Waals surface area contributed by atoms with Crippen LogP contribution in [0.25, 0.3) is 0 Å². The normalized spacial score (nSPS) is 10.3. The average Bonchev–Trinajstić information content (AvgIpc) is 2.86. The van der Waals surface area contributed by atoms with Crippen LogP contribution in [0.5, 0.6) is 5.75 Å². The molecule has 20 heavy (non-hydrogen) atoms. The lowest BCUT2D eigenvalue weighted by atomic mass is 10.1. The quantitative estimate of drug-likeness (QED) is 0.920. The van der Waals surface area contributed by atoms with E-state index >= 15 is 0 Å². The highest BCUT2D eigenvalue weighted by Crippen LogP contribution is 2.19. The van der Waals surface area contributed by atoms with Gasteiger partial charge in [0.05, 0.1) is 13.5 Å². The van der Waals surface area contributed by atoms with Gasteiger partial charge in [0, 0.05) is 0 Å². The molecular formula is C13H14FN3O2S. The molecule has 0 aliphatic carbocycles. The number of hydrogen-bond acceptors (Lipinski definition) is 5. The average molecular weight is 295 g/mol. The third-order valence-corrected chi connectivity index (χ3v) is 3.58. The van der Waals surface area contributed by atoms with E-state index in [9.17, 15) is 9.18 Å². The van der Waals surface area contributed by atoms with Crippen LogP contribution in [0.1, 0.15) is 17.5 Å². The Kier molecular flexibility index (Phi) is 4.62. The van der Waals surface area contributed by atoms with Crippen LogP contribution in [0.4, 0.5) is 9.52 Å². The summed E-state index contributed by atoms with van der Waals surface area (Å²) < 4.78 is 18.3. The van der Waals surface area contributed by atoms with Crippen molar-refractivity contribution in [1.82, 2.24) is 10.2 Å². The van der Waals surface area contributed by atoms with Crippen molar-refractivity contribution in [2.24, 2.45) is 0 Å². The van der Waals surface area contributed by atoms with Crippen LogP contribution in [0.2, 0.25) is 0 Å². The number of amides is 1. The summed E-state index contributed by atoms with van der Waals surface area (Å²) in [7, 11) is 1.39. The summed E-state index contributed by atoms with van der Waals surface area (Å²) in [6, 6.07) is 4.44. The zero-order chi connectivity index (χ0) is 14.5. The van der Waals surface area contributed by atoms with Crippen LogP contribution in [0, 0.1) is 5.82 Å². The van der Waals surface area contributed by atoms with E-state index in [4.69, 9.17) is 4.74 Å². The van der Waals surface area contributed by atoms with Crippen molar-refractivity contribution in [3.63, 3.8) is 0 Å². The molecule has 0 saturated heterocycles. The van der Waals surface area contributed by atoms with Gasteiger partial charge in [0.25, 0.3) is 0 Å². The van der Waals surface area contributed by atoms with Gasteiger partial charge in [0.2, 0.25) is 11.0 Å². The van der Waals surface area contributed by atoms with E-state index in [2.05, 4.69) is 15.5 Å². The zero-order valence-electron chi connectivity index (χ0n) is 11.1. The second-order valence-electron chi connectivity index (χ2n) is 4.05. The minimum atomic E-state index is -0.484. The van der Waals surface area contributed by atoms with E-state index in [1.807, 2.05) is 6.92 Å². The molecule has 106 valence electrons. The minimum absolute atomic E-state index is 0.0714. The fraction of sp³-hybridized carbons (Fsp3) is 0.308. The van der Waals surface area contributed by atoms with Gasteiger partial charge in [-0.15, -0.1) is 10.2 Å². The van der Waals surface area contributed by atoms with E-state index in [1.165, 1.54) is 30.6 Å². The summed E-state index contributed by atoms with van der Waals surface area (Å²) in [5, 5.41) is 11.7. The molecule has 1 heterocycles. The summed E-state index contributed by atoms with van der Waals surface area (Å²) in [6.45, 7) is 1.96. The topological polar surface area (TPSA) is 64.1 Å². The van der Waals surface area contributed by atoms with Gasteiger partial charge in [-0.05, 0) is 24.1 Å². The second kappa shape index (κ2) is 6.42. The minimum Gasteiger partial charge on any atom is -0.494 e. The van der Waals surface area contributed by atoms with Gasteiger partial charge < -0.3 is 10.1 Å². The Hall–Kier alpha value is -2.02. The lowest BCUT2D eigenvalue weighted by Crippen LogP contribution is -2.14. The van der Waals surface area contributed by atoms with Crippen LogP contribution >= 0.6 is 11.3 Å². The molecule has 2 aromatic rings. The van der Waals surface area contributed by atoms with E-state index < -0.39 is 5.82 Å². The fourth-order valence-electron chi connectivity index (χ4n) is 1.62. The van der Waals surface area contributed by atoms with Crippen molar-refractivity contribution in [2.45, 2.75) is 19.8 Å². The van der Waals surface area contributed by atoms with Crippen LogP contribution in [-0.2, 0) is 17.6 Å². The Morgan fingerprint density at radius 1 is 1.45 bits per heavy atom. The van der Waals surface area contributed by atoms with Crippen molar-refractivity contribution in [1.29, 1.82) is 0 Å². The lowest BCUT2D eigenvalue weighted by molar-refractivity contribution is -0.115. The first-order valence-corrected chi connectivity index (χ1v) is 6.88. The number of nitrogens with zero attached hydrogens (tertiary/aromatic N) is 2. The molecule has 2 rings (SSSR count). The van der Waals surface area contributed by atoms with E-state index in [0.29, 0.717) is 10.7 Å². The molecule has 0 bridgehead atoms. The number of carbonyl (C=O) groups excluding carboxylic acids is 1. The largest absolute Gasteiger partial charge is 0.494 e. The molecule has 0 aliphatic heterocycles. The maximum absolute atomic E-state index is 13.5. The molecule has 0 fully saturated rings. The predicted molar refractivity (Wildman–Crippen MR) is 74.6 cm³/mol. The number of nitrogens with one attached hydrogen (secondary N) is 1. The SMILES string of the molecule is CCc1nnc(NC(=O)Cc2ccc(OC)c(F)c2)s1. The Morgan fingerprint density at radius 2 is 2.25 bits per heavy atom. The molecule has 7 heteroatoms. The summed E-state index contributed by atoms with van der Waals surface area (Å²) in [5.74, 6) is -0.582. The standard InChI is InChI=1S/C13H14FN3O2S/c1-3-12-16-17-13(20-12)15-11(18)7-8-4-5-10(19-2)9(14)6-8/h4-6H,3,7H2,1-2H3,(H,15,17,18). The van der Waals surface area contributed by atoms with Gasteiger partial charge in [-0.1, -0.05) is 24.3 Å². The van der Waals surface area contributed by atoms with Gasteiger partial charge in [0.15, 0.2) is 11.6 Å². The summed E-state index contributed by atoms with van der Waals surface area (Å²) in [4.78, 5) is 11.8. The van der Waals surface area contributed by atoms with Crippen molar-refractivity contribution >= 4 is 22.4 Å². The summed E-state index contributed by atoms with van der Waals surface area (Å²) >= 11 is 1.33. The highest BCUT2D eigenvalue weighted by Gasteiger charge is 2.10. The smallest absolute Gasteiger partial charge is 0.230 e. The number of rotatable bonds is 5. The zero-order valence-corrected chi connectivity index (χ0v) is 12.0. The van der Waals surface area contributed by atoms with Gasteiger partial charge in [-0.3, -0.25) is 4.79 Å². The third-order valence-electron chi connectivity index (χ3n) is 2.60. The molecule has 0 spiro atoms. The monoisotopic (exact) mass is 295 g/mol. The van der Waals surface area contributed by atoms with Crippen molar-refractivity contribution < 1.29 is 13.9 Å². The van der Waals surface area contributed by atoms with Gasteiger partial charge in [-0.2, -0.15) is 0 Å². The first-order valence-electron chi connectivity index (χ1n) is 6.07. The third kappa shape index (κ3) is 3.51. The Bertz CT molecular complexity index is 615. The number of halogens is 1. The number of carbonyl (C=O) groups is 1. The predicted octanol–water partition coefficient (Wildman–Crippen LogP) is 2.43. The Morgan fingerprint density at radius 3 is 2.85 bits per heavy atom. The Labute approximate surface area is 119 Å². The number of ether oxygens (including phenoxy) is 1. The highest BCUT2D eigenvalue weighted by molar-refractivity contribution is 7.15. The first-order chi connectivity index (χ1) is 9.62. The molecule has 5 nitrogen and oxygen atoms in total. The molecule has 1 aromatic carbocycles. The Balaban J connectivity index is 1.99.